The predicted octanol–water partition coefficient (Wildman–Crippen LogP) is 4.41. The van der Waals surface area contributed by atoms with E-state index in [1.165, 1.54) is 33.0 Å². The predicted molar refractivity (Wildman–Crippen MR) is 152 cm³/mol. The maximum absolute atomic E-state index is 13.7. The molecule has 3 heterocycles. The Labute approximate surface area is 236 Å². The fourth-order valence-electron chi connectivity index (χ4n) is 6.00. The fourth-order valence-corrected chi connectivity index (χ4v) is 6.00. The number of aromatic nitrogens is 2. The minimum atomic E-state index is -0.995. The number of rotatable bonds is 8. The molecule has 2 aliphatic heterocycles. The van der Waals surface area contributed by atoms with Gasteiger partial charge in [-0.05, 0) is 65.0 Å². The van der Waals surface area contributed by atoms with E-state index in [0.29, 0.717) is 37.3 Å². The zero-order valence-corrected chi connectivity index (χ0v) is 23.0. The molecule has 9 heteroatoms. The van der Waals surface area contributed by atoms with Gasteiger partial charge in [0.2, 0.25) is 5.91 Å². The van der Waals surface area contributed by atoms with Gasteiger partial charge < -0.3 is 4.90 Å². The maximum atomic E-state index is 13.7. The highest BCUT2D eigenvalue weighted by atomic mass is 19.2. The van der Waals surface area contributed by atoms with E-state index in [1.807, 2.05) is 17.0 Å². The van der Waals surface area contributed by atoms with Gasteiger partial charge in [-0.3, -0.25) is 24.1 Å². The Morgan fingerprint density at radius 2 is 1.83 bits per heavy atom. The van der Waals surface area contributed by atoms with E-state index in [1.54, 1.807) is 18.7 Å². The number of halogens is 2. The zero-order chi connectivity index (χ0) is 28.8. The number of fused-ring (bicyclic) bond motifs is 1. The highest BCUT2D eigenvalue weighted by Crippen LogP contribution is 2.33. The van der Waals surface area contributed by atoms with Crippen molar-refractivity contribution in [3.05, 3.63) is 109 Å². The third-order valence-corrected chi connectivity index (χ3v) is 8.34. The van der Waals surface area contributed by atoms with Gasteiger partial charge in [0, 0.05) is 45.1 Å². The normalized spacial score (nSPS) is 15.8. The van der Waals surface area contributed by atoms with Crippen molar-refractivity contribution in [2.24, 2.45) is 12.0 Å². The summed E-state index contributed by atoms with van der Waals surface area (Å²) in [6.45, 7) is 3.38. The number of carbonyl (C=O) groups is 2. The molecule has 1 aromatic heterocycles. The van der Waals surface area contributed by atoms with Crippen LogP contribution in [0.15, 0.2) is 69.0 Å². The summed E-state index contributed by atoms with van der Waals surface area (Å²) < 4.78 is 29.8. The molecule has 0 N–H and O–H groups in total. The van der Waals surface area contributed by atoms with E-state index in [2.05, 4.69) is 18.2 Å². The Balaban J connectivity index is 1.05. The van der Waals surface area contributed by atoms with Crippen molar-refractivity contribution >= 4 is 23.5 Å². The standard InChI is InChI=1S/C32H30F2N4O3/c1-19-30(32(41)38(36(19)2)16-20-10-11-26(33)27(34)12-20)28(39)8-5-9-29(40)37-17-24-15-35-31(25(24)18-37)23-13-21-6-3-4-7-22(21)14-23/h3-4,6-7,10-13H,5,8-9,14-18H2,1-2H3. The van der Waals surface area contributed by atoms with Gasteiger partial charge in [-0.25, -0.2) is 13.5 Å². The number of amides is 1. The molecule has 0 atom stereocenters. The van der Waals surface area contributed by atoms with Crippen LogP contribution < -0.4 is 5.56 Å². The molecule has 0 unspecified atom stereocenters. The van der Waals surface area contributed by atoms with Gasteiger partial charge in [-0.2, -0.15) is 0 Å². The topological polar surface area (TPSA) is 76.7 Å². The van der Waals surface area contributed by atoms with Crippen LogP contribution in [-0.4, -0.2) is 51.3 Å². The van der Waals surface area contributed by atoms with Crippen molar-refractivity contribution in [1.82, 2.24) is 14.3 Å². The van der Waals surface area contributed by atoms with Gasteiger partial charge in [0.1, 0.15) is 5.56 Å². The molecule has 210 valence electrons. The van der Waals surface area contributed by atoms with Gasteiger partial charge in [0.15, 0.2) is 17.4 Å². The van der Waals surface area contributed by atoms with Crippen molar-refractivity contribution in [3.63, 3.8) is 0 Å². The van der Waals surface area contributed by atoms with Crippen molar-refractivity contribution in [2.75, 3.05) is 19.6 Å². The second-order valence-electron chi connectivity index (χ2n) is 10.9. The molecule has 0 spiro atoms. The summed E-state index contributed by atoms with van der Waals surface area (Å²) in [6, 6.07) is 11.8. The highest BCUT2D eigenvalue weighted by molar-refractivity contribution is 6.18. The van der Waals surface area contributed by atoms with Crippen LogP contribution in [0, 0.1) is 18.6 Å². The van der Waals surface area contributed by atoms with Crippen LogP contribution in [0.25, 0.3) is 6.08 Å². The second kappa shape index (κ2) is 10.5. The molecule has 0 radical (unpaired) electrons. The molecule has 7 nitrogen and oxygen atoms in total. The zero-order valence-electron chi connectivity index (χ0n) is 23.0. The number of aliphatic imine (C=N–C) groups is 1. The average molecular weight is 557 g/mol. The summed E-state index contributed by atoms with van der Waals surface area (Å²) in [5, 5.41) is 0. The Morgan fingerprint density at radius 3 is 2.61 bits per heavy atom. The van der Waals surface area contributed by atoms with E-state index in [0.717, 1.165) is 29.8 Å². The molecular formula is C32H30F2N4O3. The van der Waals surface area contributed by atoms with Crippen LogP contribution in [0.3, 0.4) is 0 Å². The van der Waals surface area contributed by atoms with Crippen LogP contribution in [0.5, 0.6) is 0 Å². The largest absolute Gasteiger partial charge is 0.334 e. The molecule has 1 amide bonds. The van der Waals surface area contributed by atoms with Gasteiger partial charge >= 0.3 is 0 Å². The summed E-state index contributed by atoms with van der Waals surface area (Å²) in [6.07, 6.45) is 3.65. The molecule has 0 bridgehead atoms. The fraction of sp³-hybridized carbons (Fsp3) is 0.312. The molecule has 0 saturated heterocycles. The van der Waals surface area contributed by atoms with Crippen molar-refractivity contribution in [2.45, 2.75) is 39.2 Å². The van der Waals surface area contributed by atoms with Crippen molar-refractivity contribution in [3.8, 4) is 0 Å². The van der Waals surface area contributed by atoms with Crippen LogP contribution in [0.4, 0.5) is 8.78 Å². The number of Topliss-reactive ketones (excluding diaryl/α,β-unsaturated/α-hetero) is 1. The Hall–Kier alpha value is -4.40. The third-order valence-electron chi connectivity index (χ3n) is 8.34. The summed E-state index contributed by atoms with van der Waals surface area (Å²) in [5.74, 6) is -2.31. The maximum Gasteiger partial charge on any atom is 0.278 e. The molecule has 2 aromatic carbocycles. The number of hydrogen-bond donors (Lipinski definition) is 0. The molecule has 41 heavy (non-hydrogen) atoms. The molecule has 3 aromatic rings. The Bertz CT molecular complexity index is 1760. The molecular weight excluding hydrogens is 526 g/mol. The molecule has 1 aliphatic carbocycles. The summed E-state index contributed by atoms with van der Waals surface area (Å²) >= 11 is 0. The quantitative estimate of drug-likeness (QED) is 0.386. The van der Waals surface area contributed by atoms with Crippen LogP contribution in [0.2, 0.25) is 0 Å². The first kappa shape index (κ1) is 26.8. The monoisotopic (exact) mass is 556 g/mol. The van der Waals surface area contributed by atoms with Crippen LogP contribution >= 0.6 is 0 Å². The van der Waals surface area contributed by atoms with Crippen LogP contribution in [-0.2, 0) is 24.8 Å². The third kappa shape index (κ3) is 4.90. The number of allylic oxidation sites excluding steroid dienone is 1. The Morgan fingerprint density at radius 1 is 1.02 bits per heavy atom. The summed E-state index contributed by atoms with van der Waals surface area (Å²) in [5.41, 5.74) is 7.54. The first-order valence-electron chi connectivity index (χ1n) is 13.8. The lowest BCUT2D eigenvalue weighted by Gasteiger charge is -2.18. The number of benzene rings is 2. The minimum Gasteiger partial charge on any atom is -0.334 e. The SMILES string of the molecule is Cc1c(C(=O)CCCC(=O)N2CC3=C(C2)C(C2=Cc4ccccc4C2)=NC3)c(=O)n(Cc2ccc(F)c(F)c2)n1C. The van der Waals surface area contributed by atoms with E-state index in [-0.39, 0.29) is 36.6 Å². The second-order valence-corrected chi connectivity index (χ2v) is 10.9. The Kier molecular flexibility index (Phi) is 6.89. The van der Waals surface area contributed by atoms with E-state index >= 15 is 0 Å². The average Bonchev–Trinajstić information content (AvgIpc) is 3.70. The van der Waals surface area contributed by atoms with E-state index in [9.17, 15) is 23.2 Å². The van der Waals surface area contributed by atoms with Gasteiger partial charge in [0.05, 0.1) is 18.8 Å². The minimum absolute atomic E-state index is 0.0000485. The molecule has 6 rings (SSSR count). The summed E-state index contributed by atoms with van der Waals surface area (Å²) in [4.78, 5) is 45.8. The smallest absolute Gasteiger partial charge is 0.278 e. The van der Waals surface area contributed by atoms with Gasteiger partial charge in [-0.1, -0.05) is 30.3 Å². The first-order chi connectivity index (χ1) is 19.7. The lowest BCUT2D eigenvalue weighted by Crippen LogP contribution is -2.31. The van der Waals surface area contributed by atoms with Crippen molar-refractivity contribution in [1.29, 1.82) is 0 Å². The number of nitrogens with zero attached hydrogens (tertiary/aromatic N) is 4. The lowest BCUT2D eigenvalue weighted by atomic mass is 10.0. The number of hydrogen-bond acceptors (Lipinski definition) is 4. The summed E-state index contributed by atoms with van der Waals surface area (Å²) in [7, 11) is 1.65. The molecule has 0 saturated carbocycles. The molecule has 3 aliphatic rings. The molecule has 0 fully saturated rings. The highest BCUT2D eigenvalue weighted by Gasteiger charge is 2.33. The number of ketones is 1. The lowest BCUT2D eigenvalue weighted by molar-refractivity contribution is -0.130. The van der Waals surface area contributed by atoms with Crippen molar-refractivity contribution < 1.29 is 18.4 Å². The van der Waals surface area contributed by atoms with E-state index < -0.39 is 17.2 Å². The van der Waals surface area contributed by atoms with Gasteiger partial charge in [0.25, 0.3) is 5.56 Å². The first-order valence-corrected chi connectivity index (χ1v) is 13.8. The number of carbonyl (C=O) groups excluding carboxylic acids is 2. The van der Waals surface area contributed by atoms with Gasteiger partial charge in [-0.15, -0.1) is 0 Å². The van der Waals surface area contributed by atoms with Crippen LogP contribution in [0.1, 0.15) is 52.0 Å². The van der Waals surface area contributed by atoms with E-state index in [4.69, 9.17) is 4.99 Å².